The maximum Gasteiger partial charge on any atom is 0.345 e. The van der Waals surface area contributed by atoms with Gasteiger partial charge >= 0.3 is 5.91 Å². The van der Waals surface area contributed by atoms with Gasteiger partial charge in [0.2, 0.25) is 0 Å². The molecule has 2 aliphatic rings. The van der Waals surface area contributed by atoms with Crippen LogP contribution in [0.5, 0.6) is 5.75 Å². The standard InChI is InChI=1S/C34H41N2O3/c1-6-36(4,7-2)34(37)27-15-13-25(14-16-27)32-31-18-17-29(38-5)22-28(31)19-20-35(32)23-30-21-24(3)33(39-30)26-11-9-8-10-12-26/h8-18,21-22,24,32-33H,6-7,19-20,23H2,1-5H3/q+1. The molecular formula is C34H41N2O3+. The van der Waals surface area contributed by atoms with Gasteiger partial charge in [0.1, 0.15) is 17.6 Å². The Morgan fingerprint density at radius 1 is 1.00 bits per heavy atom. The molecular weight excluding hydrogens is 484 g/mol. The molecule has 3 aromatic rings. The van der Waals surface area contributed by atoms with Gasteiger partial charge in [-0.15, -0.1) is 0 Å². The summed E-state index contributed by atoms with van der Waals surface area (Å²) in [6.07, 6.45) is 3.29. The number of methoxy groups -OCH3 is 1. The average Bonchev–Trinajstić information content (AvgIpc) is 3.36. The van der Waals surface area contributed by atoms with Crippen LogP contribution in [-0.2, 0) is 11.2 Å². The molecule has 0 N–H and O–H groups in total. The van der Waals surface area contributed by atoms with Gasteiger partial charge in [0.25, 0.3) is 0 Å². The summed E-state index contributed by atoms with van der Waals surface area (Å²) in [5.41, 5.74) is 5.77. The summed E-state index contributed by atoms with van der Waals surface area (Å²) in [7, 11) is 3.74. The summed E-state index contributed by atoms with van der Waals surface area (Å²) in [6.45, 7) is 9.59. The Bertz CT molecular complexity index is 1330. The zero-order chi connectivity index (χ0) is 27.6. The van der Waals surface area contributed by atoms with Gasteiger partial charge in [0, 0.05) is 12.5 Å². The number of carbonyl (C=O) groups excluding carboxylic acids is 1. The molecule has 0 aliphatic carbocycles. The van der Waals surface area contributed by atoms with E-state index >= 15 is 0 Å². The van der Waals surface area contributed by atoms with Crippen molar-refractivity contribution in [1.82, 2.24) is 4.90 Å². The minimum Gasteiger partial charge on any atom is -0.497 e. The largest absolute Gasteiger partial charge is 0.497 e. The lowest BCUT2D eigenvalue weighted by Gasteiger charge is -2.38. The van der Waals surface area contributed by atoms with Crippen molar-refractivity contribution < 1.29 is 18.8 Å². The van der Waals surface area contributed by atoms with Gasteiger partial charge in [0.15, 0.2) is 0 Å². The van der Waals surface area contributed by atoms with Crippen LogP contribution in [0.15, 0.2) is 84.6 Å². The molecule has 0 bridgehead atoms. The molecule has 0 aromatic heterocycles. The number of nitrogens with zero attached hydrogens (tertiary/aromatic N) is 2. The highest BCUT2D eigenvalue weighted by atomic mass is 16.5. The highest BCUT2D eigenvalue weighted by Crippen LogP contribution is 2.40. The summed E-state index contributed by atoms with van der Waals surface area (Å²) in [6, 6.07) is 25.3. The van der Waals surface area contributed by atoms with Gasteiger partial charge in [-0.25, -0.2) is 4.79 Å². The van der Waals surface area contributed by atoms with E-state index in [2.05, 4.69) is 86.3 Å². The second-order valence-electron chi connectivity index (χ2n) is 11.1. The molecule has 39 heavy (non-hydrogen) atoms. The lowest BCUT2D eigenvalue weighted by atomic mass is 9.87. The van der Waals surface area contributed by atoms with Gasteiger partial charge in [-0.3, -0.25) is 9.38 Å². The van der Waals surface area contributed by atoms with Crippen LogP contribution in [-0.4, -0.2) is 55.6 Å². The molecule has 5 nitrogen and oxygen atoms in total. The van der Waals surface area contributed by atoms with Crippen LogP contribution >= 0.6 is 0 Å². The summed E-state index contributed by atoms with van der Waals surface area (Å²) in [4.78, 5) is 15.8. The molecule has 3 atom stereocenters. The maximum atomic E-state index is 13.3. The number of amides is 1. The second kappa shape index (κ2) is 11.4. The van der Waals surface area contributed by atoms with Gasteiger partial charge in [-0.1, -0.05) is 55.5 Å². The smallest absolute Gasteiger partial charge is 0.345 e. The quantitative estimate of drug-likeness (QED) is 0.312. The third kappa shape index (κ3) is 5.39. The van der Waals surface area contributed by atoms with Crippen molar-refractivity contribution in [3.05, 3.63) is 112 Å². The van der Waals surface area contributed by atoms with Gasteiger partial charge in [-0.05, 0) is 72.9 Å². The first-order valence-corrected chi connectivity index (χ1v) is 14.2. The number of fused-ring (bicyclic) bond motifs is 1. The Hall–Kier alpha value is -3.41. The first-order chi connectivity index (χ1) is 18.9. The molecule has 3 aromatic carbocycles. The van der Waals surface area contributed by atoms with Crippen molar-refractivity contribution in [1.29, 1.82) is 0 Å². The molecule has 0 saturated heterocycles. The molecule has 0 fully saturated rings. The topological polar surface area (TPSA) is 38.8 Å². The van der Waals surface area contributed by atoms with Crippen LogP contribution in [0.1, 0.15) is 65.5 Å². The Balaban J connectivity index is 1.44. The van der Waals surface area contributed by atoms with Crippen molar-refractivity contribution in [2.45, 2.75) is 39.3 Å². The number of benzene rings is 3. The van der Waals surface area contributed by atoms with Crippen molar-refractivity contribution in [3.8, 4) is 5.75 Å². The minimum atomic E-state index is 0.0517. The van der Waals surface area contributed by atoms with E-state index in [1.54, 1.807) is 7.11 Å². The highest BCUT2D eigenvalue weighted by Gasteiger charge is 2.34. The van der Waals surface area contributed by atoms with Crippen molar-refractivity contribution in [3.63, 3.8) is 0 Å². The molecule has 0 saturated carbocycles. The molecule has 0 spiro atoms. The molecule has 2 aliphatic heterocycles. The van der Waals surface area contributed by atoms with Crippen molar-refractivity contribution >= 4 is 5.91 Å². The number of hydrogen-bond acceptors (Lipinski definition) is 4. The van der Waals surface area contributed by atoms with Crippen LogP contribution in [0.2, 0.25) is 0 Å². The van der Waals surface area contributed by atoms with Gasteiger partial charge < -0.3 is 9.47 Å². The SMILES string of the molecule is CC[N+](C)(CC)C(=O)c1ccc(C2c3ccc(OC)cc3CCN2CC2=CC(C)C(c3ccccc3)O2)cc1. The van der Waals surface area contributed by atoms with Crippen LogP contribution < -0.4 is 4.74 Å². The Morgan fingerprint density at radius 3 is 2.38 bits per heavy atom. The monoisotopic (exact) mass is 525 g/mol. The van der Waals surface area contributed by atoms with Crippen LogP contribution in [0.4, 0.5) is 0 Å². The van der Waals surface area contributed by atoms with E-state index in [4.69, 9.17) is 9.47 Å². The predicted octanol–water partition coefficient (Wildman–Crippen LogP) is 6.56. The summed E-state index contributed by atoms with van der Waals surface area (Å²) >= 11 is 0. The van der Waals surface area contributed by atoms with Crippen molar-refractivity contribution in [2.24, 2.45) is 5.92 Å². The number of quaternary nitrogens is 1. The Labute approximate surface area is 233 Å². The van der Waals surface area contributed by atoms with E-state index in [1.807, 2.05) is 25.2 Å². The van der Waals surface area contributed by atoms with E-state index in [-0.39, 0.29) is 18.1 Å². The van der Waals surface area contributed by atoms with E-state index in [1.165, 1.54) is 22.3 Å². The van der Waals surface area contributed by atoms with E-state index in [0.717, 1.165) is 49.7 Å². The van der Waals surface area contributed by atoms with E-state index < -0.39 is 0 Å². The summed E-state index contributed by atoms with van der Waals surface area (Å²) in [5.74, 6) is 2.41. The average molecular weight is 526 g/mol. The normalized spacial score (nSPS) is 21.2. The lowest BCUT2D eigenvalue weighted by Crippen LogP contribution is -2.48. The zero-order valence-corrected chi connectivity index (χ0v) is 23.9. The lowest BCUT2D eigenvalue weighted by molar-refractivity contribution is -0.824. The van der Waals surface area contributed by atoms with Gasteiger partial charge in [-0.2, -0.15) is 0 Å². The summed E-state index contributed by atoms with van der Waals surface area (Å²) in [5, 5.41) is 0. The first-order valence-electron chi connectivity index (χ1n) is 14.2. The fourth-order valence-corrected chi connectivity index (χ4v) is 5.97. The van der Waals surface area contributed by atoms with E-state index in [9.17, 15) is 4.79 Å². The third-order valence-electron chi connectivity index (χ3n) is 8.73. The van der Waals surface area contributed by atoms with Crippen molar-refractivity contribution in [2.75, 3.05) is 40.3 Å². The number of hydrogen-bond donors (Lipinski definition) is 0. The van der Waals surface area contributed by atoms with Crippen LogP contribution in [0.3, 0.4) is 0 Å². The molecule has 0 radical (unpaired) electrons. The molecule has 2 heterocycles. The van der Waals surface area contributed by atoms with E-state index in [0.29, 0.717) is 10.4 Å². The fourth-order valence-electron chi connectivity index (χ4n) is 5.97. The third-order valence-corrected chi connectivity index (χ3v) is 8.73. The molecule has 5 rings (SSSR count). The Morgan fingerprint density at radius 2 is 1.72 bits per heavy atom. The highest BCUT2D eigenvalue weighted by molar-refractivity contribution is 5.89. The Kier molecular flexibility index (Phi) is 7.92. The molecule has 204 valence electrons. The maximum absolute atomic E-state index is 13.3. The van der Waals surface area contributed by atoms with Crippen LogP contribution in [0.25, 0.3) is 0 Å². The second-order valence-corrected chi connectivity index (χ2v) is 11.1. The molecule has 1 amide bonds. The molecule has 5 heteroatoms. The fraction of sp³-hybridized carbons (Fsp3) is 0.382. The van der Waals surface area contributed by atoms with Gasteiger partial charge in [0.05, 0.1) is 45.4 Å². The number of carbonyl (C=O) groups is 1. The zero-order valence-electron chi connectivity index (χ0n) is 23.9. The number of ether oxygens (including phenoxy) is 2. The molecule has 3 unspecified atom stereocenters. The summed E-state index contributed by atoms with van der Waals surface area (Å²) < 4.78 is 12.5. The predicted molar refractivity (Wildman–Crippen MR) is 156 cm³/mol. The minimum absolute atomic E-state index is 0.0517. The number of rotatable bonds is 8. The van der Waals surface area contributed by atoms with Crippen LogP contribution in [0, 0.1) is 5.92 Å². The first kappa shape index (κ1) is 27.2.